The molecule has 1 N–H and O–H groups in total. The van der Waals surface area contributed by atoms with Crippen molar-refractivity contribution in [2.45, 2.75) is 17.9 Å². The Hall–Kier alpha value is -1.67. The minimum Gasteiger partial charge on any atom is -0.363 e. The van der Waals surface area contributed by atoms with E-state index in [0.717, 1.165) is 18.9 Å². The third-order valence-corrected chi connectivity index (χ3v) is 4.39. The lowest BCUT2D eigenvalue weighted by atomic mass is 10.2. The average molecular weight is 299 g/mol. The molecule has 0 aliphatic carbocycles. The fraction of sp³-hybridized carbons (Fsp3) is 0.500. The van der Waals surface area contributed by atoms with Gasteiger partial charge in [-0.3, -0.25) is 10.1 Å². The maximum absolute atomic E-state index is 11.5. The lowest BCUT2D eigenvalue weighted by Gasteiger charge is -2.33. The van der Waals surface area contributed by atoms with Crippen LogP contribution < -0.4 is 10.2 Å². The van der Waals surface area contributed by atoms with Gasteiger partial charge >= 0.3 is 0 Å². The summed E-state index contributed by atoms with van der Waals surface area (Å²) in [5.74, 6) is 0. The fourth-order valence-electron chi connectivity index (χ4n) is 2.30. The molecule has 1 aromatic rings. The van der Waals surface area contributed by atoms with Crippen LogP contribution in [0.4, 0.5) is 11.4 Å². The van der Waals surface area contributed by atoms with Crippen LogP contribution in [0.2, 0.25) is 0 Å². The Labute approximate surface area is 117 Å². The zero-order chi connectivity index (χ0) is 14.9. The molecule has 7 nitrogen and oxygen atoms in total. The number of piperazine rings is 1. The number of anilines is 1. The van der Waals surface area contributed by atoms with E-state index in [1.807, 2.05) is 11.8 Å². The molecule has 1 fully saturated rings. The molecule has 1 unspecified atom stereocenters. The number of hydrogen-bond donors (Lipinski definition) is 1. The molecular formula is C12H17N3O4S. The van der Waals surface area contributed by atoms with E-state index in [1.54, 1.807) is 0 Å². The minimum absolute atomic E-state index is 0.0314. The zero-order valence-corrected chi connectivity index (χ0v) is 12.2. The van der Waals surface area contributed by atoms with Gasteiger partial charge in [0, 0.05) is 38.0 Å². The lowest BCUT2D eigenvalue weighted by Crippen LogP contribution is -2.49. The van der Waals surface area contributed by atoms with E-state index in [4.69, 9.17) is 0 Å². The van der Waals surface area contributed by atoms with Crippen LogP contribution in [0.3, 0.4) is 0 Å². The Morgan fingerprint density at radius 1 is 1.45 bits per heavy atom. The monoisotopic (exact) mass is 299 g/mol. The summed E-state index contributed by atoms with van der Waals surface area (Å²) < 4.78 is 23.0. The summed E-state index contributed by atoms with van der Waals surface area (Å²) >= 11 is 0. The van der Waals surface area contributed by atoms with Crippen LogP contribution in [-0.4, -0.2) is 45.3 Å². The Kier molecular flexibility index (Phi) is 3.96. The zero-order valence-electron chi connectivity index (χ0n) is 11.4. The van der Waals surface area contributed by atoms with Crippen molar-refractivity contribution in [3.8, 4) is 0 Å². The quantitative estimate of drug-likeness (QED) is 0.655. The second-order valence-corrected chi connectivity index (χ2v) is 7.00. The summed E-state index contributed by atoms with van der Waals surface area (Å²) in [5, 5.41) is 14.5. The summed E-state index contributed by atoms with van der Waals surface area (Å²) in [6, 6.07) is 4.31. The summed E-state index contributed by atoms with van der Waals surface area (Å²) in [5.41, 5.74) is 0.303. The number of sulfone groups is 1. The number of nitrogens with zero attached hydrogens (tertiary/aromatic N) is 2. The van der Waals surface area contributed by atoms with Crippen molar-refractivity contribution in [1.29, 1.82) is 0 Å². The Balaban J connectivity index is 2.45. The molecule has 8 heteroatoms. The normalized spacial score (nSPS) is 19.9. The molecule has 0 bridgehead atoms. The molecule has 0 saturated carbocycles. The maximum Gasteiger partial charge on any atom is 0.293 e. The molecule has 1 heterocycles. The Morgan fingerprint density at radius 3 is 2.70 bits per heavy atom. The van der Waals surface area contributed by atoms with Gasteiger partial charge in [-0.15, -0.1) is 0 Å². The lowest BCUT2D eigenvalue weighted by molar-refractivity contribution is -0.384. The average Bonchev–Trinajstić information content (AvgIpc) is 2.37. The van der Waals surface area contributed by atoms with Gasteiger partial charge in [0.25, 0.3) is 5.69 Å². The standard InChI is InChI=1S/C12H17N3O4S/c1-9-8-14(6-5-13-9)11-4-3-10(20(2,18)19)7-12(11)15(16)17/h3-4,7,9,13H,5-6,8H2,1-2H3. The first kappa shape index (κ1) is 14.7. The van der Waals surface area contributed by atoms with Crippen molar-refractivity contribution < 1.29 is 13.3 Å². The smallest absolute Gasteiger partial charge is 0.293 e. The van der Waals surface area contributed by atoms with Crippen molar-refractivity contribution in [3.05, 3.63) is 28.3 Å². The van der Waals surface area contributed by atoms with E-state index in [0.29, 0.717) is 18.8 Å². The first-order chi connectivity index (χ1) is 9.29. The van der Waals surface area contributed by atoms with Crippen molar-refractivity contribution >= 4 is 21.2 Å². The molecule has 20 heavy (non-hydrogen) atoms. The highest BCUT2D eigenvalue weighted by Crippen LogP contribution is 2.31. The van der Waals surface area contributed by atoms with Crippen LogP contribution in [-0.2, 0) is 9.84 Å². The van der Waals surface area contributed by atoms with Crippen LogP contribution in [0, 0.1) is 10.1 Å². The molecule has 0 aromatic heterocycles. The molecule has 110 valence electrons. The molecule has 0 amide bonds. The molecule has 1 saturated heterocycles. The number of hydrogen-bond acceptors (Lipinski definition) is 6. The van der Waals surface area contributed by atoms with Gasteiger partial charge < -0.3 is 10.2 Å². The molecule has 1 atom stereocenters. The van der Waals surface area contributed by atoms with Gasteiger partial charge in [0.05, 0.1) is 9.82 Å². The maximum atomic E-state index is 11.5. The van der Waals surface area contributed by atoms with Gasteiger partial charge in [-0.2, -0.15) is 0 Å². The molecule has 0 spiro atoms. The highest BCUT2D eigenvalue weighted by molar-refractivity contribution is 7.90. The summed E-state index contributed by atoms with van der Waals surface area (Å²) in [4.78, 5) is 12.5. The first-order valence-corrected chi connectivity index (χ1v) is 8.15. The second kappa shape index (κ2) is 5.37. The summed E-state index contributed by atoms with van der Waals surface area (Å²) in [6.07, 6.45) is 1.04. The van der Waals surface area contributed by atoms with Crippen molar-refractivity contribution in [1.82, 2.24) is 5.32 Å². The summed E-state index contributed by atoms with van der Waals surface area (Å²) in [7, 11) is -3.45. The van der Waals surface area contributed by atoms with Gasteiger partial charge in [0.1, 0.15) is 5.69 Å². The third kappa shape index (κ3) is 3.07. The van der Waals surface area contributed by atoms with Crippen molar-refractivity contribution in [3.63, 3.8) is 0 Å². The van der Waals surface area contributed by atoms with Crippen molar-refractivity contribution in [2.24, 2.45) is 0 Å². The molecule has 0 radical (unpaired) electrons. The predicted molar refractivity (Wildman–Crippen MR) is 75.9 cm³/mol. The Bertz CT molecular complexity index is 630. The van der Waals surface area contributed by atoms with E-state index in [-0.39, 0.29) is 16.6 Å². The van der Waals surface area contributed by atoms with E-state index < -0.39 is 14.8 Å². The number of nitro benzene ring substituents is 1. The fourth-order valence-corrected chi connectivity index (χ4v) is 2.94. The second-order valence-electron chi connectivity index (χ2n) is 4.98. The van der Waals surface area contributed by atoms with Gasteiger partial charge in [-0.1, -0.05) is 0 Å². The molecule has 2 rings (SSSR count). The molecule has 1 aliphatic rings. The molecule has 1 aromatic carbocycles. The van der Waals surface area contributed by atoms with Gasteiger partial charge in [-0.25, -0.2) is 8.42 Å². The largest absolute Gasteiger partial charge is 0.363 e. The highest BCUT2D eigenvalue weighted by atomic mass is 32.2. The van der Waals surface area contributed by atoms with Gasteiger partial charge in [-0.05, 0) is 19.1 Å². The Morgan fingerprint density at radius 2 is 2.15 bits per heavy atom. The third-order valence-electron chi connectivity index (χ3n) is 3.28. The SMILES string of the molecule is CC1CN(c2ccc(S(C)(=O)=O)cc2[N+](=O)[O-])CCN1. The van der Waals surface area contributed by atoms with Crippen LogP contribution in [0.15, 0.2) is 23.1 Å². The van der Waals surface area contributed by atoms with Gasteiger partial charge in [0.2, 0.25) is 0 Å². The van der Waals surface area contributed by atoms with E-state index >= 15 is 0 Å². The molecular weight excluding hydrogens is 282 g/mol. The number of benzene rings is 1. The van der Waals surface area contributed by atoms with E-state index in [9.17, 15) is 18.5 Å². The van der Waals surface area contributed by atoms with Crippen LogP contribution in [0.25, 0.3) is 0 Å². The minimum atomic E-state index is -3.45. The predicted octanol–water partition coefficient (Wildman–Crippen LogP) is 0.796. The van der Waals surface area contributed by atoms with Crippen LogP contribution in [0.1, 0.15) is 6.92 Å². The summed E-state index contributed by atoms with van der Waals surface area (Å²) in [6.45, 7) is 4.05. The van der Waals surface area contributed by atoms with E-state index in [1.165, 1.54) is 12.1 Å². The van der Waals surface area contributed by atoms with Crippen molar-refractivity contribution in [2.75, 3.05) is 30.8 Å². The first-order valence-electron chi connectivity index (χ1n) is 6.26. The van der Waals surface area contributed by atoms with Crippen LogP contribution in [0.5, 0.6) is 0 Å². The molecule has 1 aliphatic heterocycles. The number of nitrogens with one attached hydrogen (secondary N) is 1. The van der Waals surface area contributed by atoms with Gasteiger partial charge in [0.15, 0.2) is 9.84 Å². The topological polar surface area (TPSA) is 92.5 Å². The van der Waals surface area contributed by atoms with E-state index in [2.05, 4.69) is 5.32 Å². The van der Waals surface area contributed by atoms with Crippen LogP contribution >= 0.6 is 0 Å². The highest BCUT2D eigenvalue weighted by Gasteiger charge is 2.25. The number of nitro groups is 1. The number of rotatable bonds is 3.